The van der Waals surface area contributed by atoms with Gasteiger partial charge in [-0.3, -0.25) is 28.8 Å². The topological polar surface area (TPSA) is 192 Å². The highest BCUT2D eigenvalue weighted by Crippen LogP contribution is 2.12. The number of nitrogens with zero attached hydrogens (tertiary/aromatic N) is 1. The van der Waals surface area contributed by atoms with Crippen LogP contribution in [0.15, 0.2) is 0 Å². The van der Waals surface area contributed by atoms with Crippen molar-refractivity contribution in [1.82, 2.24) is 31.5 Å². The van der Waals surface area contributed by atoms with Crippen LogP contribution in [0, 0.1) is 17.3 Å². The lowest BCUT2D eigenvalue weighted by Crippen LogP contribution is -2.60. The molecule has 0 aromatic heterocycles. The molecule has 0 aromatic rings. The Kier molecular flexibility index (Phi) is 15.5. The quantitative estimate of drug-likeness (QED) is 0.175. The smallest absolute Gasteiger partial charge is 0.408 e. The maximum Gasteiger partial charge on any atom is 0.408 e. The molecule has 14 nitrogen and oxygen atoms in total. The number of rotatable bonds is 14. The fraction of sp³-hybridized carbons (Fsp3) is 0.767. The van der Waals surface area contributed by atoms with Gasteiger partial charge >= 0.3 is 6.09 Å². The maximum atomic E-state index is 13.4. The number of ether oxygens (including phenoxy) is 1. The van der Waals surface area contributed by atoms with E-state index in [4.69, 9.17) is 4.74 Å². The van der Waals surface area contributed by atoms with Crippen molar-refractivity contribution < 1.29 is 38.3 Å². The largest absolute Gasteiger partial charge is 0.444 e. The standard InChI is InChI=1S/C30H54N6O8/c1-16(2)21(34-26(41)22(17(3)4)35-28(43)44-30(9,10)11)25(40)33-19(14-20(37)36(12)13)24(39)32-18(5)23(38)27(42)31-15-29(6,7)8/h16-19,21-22H,14-15H2,1-13H3,(H,31,42)(H,32,39)(H,33,40)(H,34,41)(H,35,43). The van der Waals surface area contributed by atoms with Gasteiger partial charge in [0.1, 0.15) is 23.7 Å². The predicted octanol–water partition coefficient (Wildman–Crippen LogP) is 0.876. The zero-order chi connectivity index (χ0) is 34.7. The summed E-state index contributed by atoms with van der Waals surface area (Å²) in [5.74, 6) is -5.36. The summed E-state index contributed by atoms with van der Waals surface area (Å²) < 4.78 is 5.26. The summed E-state index contributed by atoms with van der Waals surface area (Å²) in [5, 5.41) is 12.6. The number of carbonyl (C=O) groups excluding carboxylic acids is 7. The van der Waals surface area contributed by atoms with Gasteiger partial charge in [-0.2, -0.15) is 0 Å². The van der Waals surface area contributed by atoms with Crippen LogP contribution in [0.4, 0.5) is 4.79 Å². The van der Waals surface area contributed by atoms with Gasteiger partial charge in [0.25, 0.3) is 5.91 Å². The Balaban J connectivity index is 5.85. The number of hydrogen-bond acceptors (Lipinski definition) is 8. The van der Waals surface area contributed by atoms with Crippen molar-refractivity contribution >= 4 is 41.4 Å². The number of alkyl carbamates (subject to hydrolysis) is 1. The van der Waals surface area contributed by atoms with Crippen LogP contribution in [0.3, 0.4) is 0 Å². The lowest BCUT2D eigenvalue weighted by atomic mass is 9.97. The first-order chi connectivity index (χ1) is 19.9. The van der Waals surface area contributed by atoms with Gasteiger partial charge in [-0.05, 0) is 44.9 Å². The van der Waals surface area contributed by atoms with Crippen molar-refractivity contribution in [3.05, 3.63) is 0 Å². The van der Waals surface area contributed by atoms with Gasteiger partial charge in [-0.15, -0.1) is 0 Å². The van der Waals surface area contributed by atoms with Crippen molar-refractivity contribution in [2.75, 3.05) is 20.6 Å². The first-order valence-corrected chi connectivity index (χ1v) is 14.8. The first-order valence-electron chi connectivity index (χ1n) is 14.8. The van der Waals surface area contributed by atoms with Gasteiger partial charge in [-0.1, -0.05) is 48.5 Å². The fourth-order valence-corrected chi connectivity index (χ4v) is 3.58. The minimum atomic E-state index is -1.43. The highest BCUT2D eigenvalue weighted by Gasteiger charge is 2.35. The molecule has 252 valence electrons. The van der Waals surface area contributed by atoms with E-state index in [2.05, 4.69) is 26.6 Å². The Morgan fingerprint density at radius 1 is 0.682 bits per heavy atom. The van der Waals surface area contributed by atoms with Gasteiger partial charge in [0.15, 0.2) is 0 Å². The van der Waals surface area contributed by atoms with Crippen molar-refractivity contribution in [1.29, 1.82) is 0 Å². The molecule has 5 N–H and O–H groups in total. The number of ketones is 1. The van der Waals surface area contributed by atoms with E-state index in [0.29, 0.717) is 0 Å². The first kappa shape index (κ1) is 40.3. The van der Waals surface area contributed by atoms with E-state index in [0.717, 1.165) is 0 Å². The van der Waals surface area contributed by atoms with Crippen molar-refractivity contribution in [3.63, 3.8) is 0 Å². The van der Waals surface area contributed by atoms with Gasteiger partial charge in [0.2, 0.25) is 29.4 Å². The molecule has 0 fully saturated rings. The SMILES string of the molecule is CC(NC(=O)C(CC(=O)N(C)C)NC(=O)C(NC(=O)C(NC(=O)OC(C)(C)C)C(C)C)C(C)C)C(=O)C(=O)NCC(C)(C)C. The molecule has 0 heterocycles. The van der Waals surface area contributed by atoms with Gasteiger partial charge in [-0.25, -0.2) is 4.79 Å². The summed E-state index contributed by atoms with van der Waals surface area (Å²) >= 11 is 0. The van der Waals surface area contributed by atoms with Crippen LogP contribution < -0.4 is 26.6 Å². The highest BCUT2D eigenvalue weighted by molar-refractivity contribution is 6.38. The molecule has 0 saturated carbocycles. The zero-order valence-electron chi connectivity index (χ0n) is 28.6. The monoisotopic (exact) mass is 626 g/mol. The van der Waals surface area contributed by atoms with E-state index >= 15 is 0 Å². The molecule has 0 spiro atoms. The Bertz CT molecular complexity index is 1060. The molecule has 0 radical (unpaired) electrons. The van der Waals surface area contributed by atoms with Crippen LogP contribution in [0.1, 0.15) is 82.6 Å². The molecule has 0 aromatic carbocycles. The molecule has 0 aliphatic rings. The van der Waals surface area contributed by atoms with Gasteiger partial charge < -0.3 is 36.2 Å². The number of carbonyl (C=O) groups is 7. The van der Waals surface area contributed by atoms with Gasteiger partial charge in [0.05, 0.1) is 12.5 Å². The van der Waals surface area contributed by atoms with E-state index in [9.17, 15) is 33.6 Å². The molecule has 0 saturated heterocycles. The molecule has 4 unspecified atom stereocenters. The Hall–Kier alpha value is -3.71. The molecule has 44 heavy (non-hydrogen) atoms. The van der Waals surface area contributed by atoms with Crippen LogP contribution >= 0.6 is 0 Å². The second-order valence-electron chi connectivity index (χ2n) is 14.0. The zero-order valence-corrected chi connectivity index (χ0v) is 28.6. The molecule has 0 bridgehead atoms. The average molecular weight is 627 g/mol. The highest BCUT2D eigenvalue weighted by atomic mass is 16.6. The molecule has 6 amide bonds. The van der Waals surface area contributed by atoms with Crippen LogP contribution in [0.25, 0.3) is 0 Å². The fourth-order valence-electron chi connectivity index (χ4n) is 3.58. The minimum Gasteiger partial charge on any atom is -0.444 e. The van der Waals surface area contributed by atoms with Crippen molar-refractivity contribution in [2.24, 2.45) is 17.3 Å². The summed E-state index contributed by atoms with van der Waals surface area (Å²) in [7, 11) is 2.96. The van der Waals surface area contributed by atoms with Gasteiger partial charge in [0, 0.05) is 20.6 Å². The van der Waals surface area contributed by atoms with Crippen LogP contribution in [-0.2, 0) is 33.5 Å². The third kappa shape index (κ3) is 15.1. The van der Waals surface area contributed by atoms with E-state index < -0.39 is 83.5 Å². The maximum absolute atomic E-state index is 13.4. The van der Waals surface area contributed by atoms with Crippen LogP contribution in [0.2, 0.25) is 0 Å². The Morgan fingerprint density at radius 3 is 1.59 bits per heavy atom. The van der Waals surface area contributed by atoms with Crippen LogP contribution in [0.5, 0.6) is 0 Å². The van der Waals surface area contributed by atoms with E-state index in [1.165, 1.54) is 25.9 Å². The number of amides is 6. The lowest BCUT2D eigenvalue weighted by Gasteiger charge is -2.29. The van der Waals surface area contributed by atoms with E-state index in [-0.39, 0.29) is 17.9 Å². The Labute approximate surface area is 261 Å². The van der Waals surface area contributed by atoms with E-state index in [1.807, 2.05) is 20.8 Å². The molecular formula is C30H54N6O8. The summed E-state index contributed by atoms with van der Waals surface area (Å²) in [6, 6.07) is -4.87. The molecule has 14 heteroatoms. The molecule has 0 aliphatic carbocycles. The summed E-state index contributed by atoms with van der Waals surface area (Å²) in [6.45, 7) is 19.0. The molecule has 4 atom stereocenters. The number of Topliss-reactive ketones (excluding diaryl/α,β-unsaturated/α-hetero) is 1. The summed E-state index contributed by atoms with van der Waals surface area (Å²) in [4.78, 5) is 90.9. The third-order valence-corrected chi connectivity index (χ3v) is 6.13. The second-order valence-corrected chi connectivity index (χ2v) is 14.0. The molecule has 0 rings (SSSR count). The average Bonchev–Trinajstić information content (AvgIpc) is 2.85. The lowest BCUT2D eigenvalue weighted by molar-refractivity contribution is -0.141. The number of hydrogen-bond donors (Lipinski definition) is 5. The third-order valence-electron chi connectivity index (χ3n) is 6.13. The molecular weight excluding hydrogens is 572 g/mol. The Morgan fingerprint density at radius 2 is 1.16 bits per heavy atom. The normalized spacial score (nSPS) is 14.4. The summed E-state index contributed by atoms with van der Waals surface area (Å²) in [6.07, 6.45) is -1.25. The minimum absolute atomic E-state index is 0.238. The van der Waals surface area contributed by atoms with Crippen LogP contribution in [-0.4, -0.2) is 96.7 Å². The summed E-state index contributed by atoms with van der Waals surface area (Å²) in [5.41, 5.74) is -1.06. The number of nitrogens with one attached hydrogen (secondary N) is 5. The predicted molar refractivity (Wildman–Crippen MR) is 165 cm³/mol. The second kappa shape index (κ2) is 17.0. The van der Waals surface area contributed by atoms with Crippen molar-refractivity contribution in [2.45, 2.75) is 112 Å². The van der Waals surface area contributed by atoms with E-state index in [1.54, 1.807) is 48.5 Å². The molecule has 0 aliphatic heterocycles. The van der Waals surface area contributed by atoms with Crippen molar-refractivity contribution in [3.8, 4) is 0 Å².